The van der Waals surface area contributed by atoms with Crippen molar-refractivity contribution in [1.82, 2.24) is 18.8 Å². The Kier molecular flexibility index (Phi) is 6.48. The molecule has 0 radical (unpaired) electrons. The van der Waals surface area contributed by atoms with Crippen LogP contribution in [-0.2, 0) is 15.0 Å². The molecule has 1 aromatic carbocycles. The molecule has 2 rings (SSSR count). The van der Waals surface area contributed by atoms with Crippen molar-refractivity contribution in [3.8, 4) is 0 Å². The minimum atomic E-state index is -3.43. The number of nitrogens with one attached hydrogen (secondary N) is 2. The van der Waals surface area contributed by atoms with Gasteiger partial charge in [-0.25, -0.2) is 4.79 Å². The standard InChI is InChI=1S/C15H23N5O4S/c1-18(2)25(23,24)20-10-8-19(9-11-20)12-14(21)17-15(22)16-13-6-4-3-5-7-13/h3-7H,8-12H2,1-2H3,(H2,16,17,21,22). The third-order valence-corrected chi connectivity index (χ3v) is 5.71. The Bertz CT molecular complexity index is 700. The number of rotatable bonds is 5. The van der Waals surface area contributed by atoms with E-state index in [-0.39, 0.29) is 6.54 Å². The van der Waals surface area contributed by atoms with Gasteiger partial charge in [-0.3, -0.25) is 15.0 Å². The van der Waals surface area contributed by atoms with Gasteiger partial charge in [-0.15, -0.1) is 0 Å². The molecule has 1 saturated heterocycles. The molecule has 0 aromatic heterocycles. The summed E-state index contributed by atoms with van der Waals surface area (Å²) in [5.41, 5.74) is 0.593. The summed E-state index contributed by atoms with van der Waals surface area (Å²) < 4.78 is 26.6. The molecule has 2 N–H and O–H groups in total. The molecular formula is C15H23N5O4S. The van der Waals surface area contributed by atoms with Crippen LogP contribution >= 0.6 is 0 Å². The Balaban J connectivity index is 1.76. The molecule has 1 aromatic rings. The van der Waals surface area contributed by atoms with E-state index in [1.165, 1.54) is 22.7 Å². The summed E-state index contributed by atoms with van der Waals surface area (Å²) in [5, 5.41) is 4.83. The molecule has 1 aliphatic heterocycles. The van der Waals surface area contributed by atoms with Gasteiger partial charge in [0.1, 0.15) is 0 Å². The van der Waals surface area contributed by atoms with Crippen LogP contribution in [0.5, 0.6) is 0 Å². The Hall–Kier alpha value is -2.01. The van der Waals surface area contributed by atoms with Crippen LogP contribution in [0.2, 0.25) is 0 Å². The number of urea groups is 1. The Morgan fingerprint density at radius 3 is 2.24 bits per heavy atom. The van der Waals surface area contributed by atoms with Crippen molar-refractivity contribution in [2.75, 3.05) is 52.1 Å². The lowest BCUT2D eigenvalue weighted by atomic mass is 10.3. The molecule has 0 unspecified atom stereocenters. The minimum Gasteiger partial charge on any atom is -0.308 e. The molecule has 138 valence electrons. The fraction of sp³-hybridized carbons (Fsp3) is 0.467. The van der Waals surface area contributed by atoms with Gasteiger partial charge in [-0.05, 0) is 12.1 Å². The van der Waals surface area contributed by atoms with Gasteiger partial charge in [0, 0.05) is 46.0 Å². The van der Waals surface area contributed by atoms with E-state index in [0.717, 1.165) is 0 Å². The highest BCUT2D eigenvalue weighted by Gasteiger charge is 2.29. The largest absolute Gasteiger partial charge is 0.325 e. The SMILES string of the molecule is CN(C)S(=O)(=O)N1CCN(CC(=O)NC(=O)Nc2ccccc2)CC1. The fourth-order valence-electron chi connectivity index (χ4n) is 2.40. The predicted octanol–water partition coefficient (Wildman–Crippen LogP) is -0.241. The third-order valence-electron chi connectivity index (χ3n) is 3.77. The molecule has 1 fully saturated rings. The summed E-state index contributed by atoms with van der Waals surface area (Å²) in [4.78, 5) is 25.5. The molecule has 0 spiro atoms. The zero-order valence-corrected chi connectivity index (χ0v) is 15.1. The van der Waals surface area contributed by atoms with Gasteiger partial charge in [0.15, 0.2) is 0 Å². The summed E-state index contributed by atoms with van der Waals surface area (Å²) in [7, 11) is -0.457. The van der Waals surface area contributed by atoms with E-state index in [1.807, 2.05) is 11.0 Å². The van der Waals surface area contributed by atoms with Crippen LogP contribution in [0, 0.1) is 0 Å². The topological polar surface area (TPSA) is 102 Å². The Labute approximate surface area is 147 Å². The highest BCUT2D eigenvalue weighted by molar-refractivity contribution is 7.86. The minimum absolute atomic E-state index is 0.0397. The Morgan fingerprint density at radius 2 is 1.68 bits per heavy atom. The van der Waals surface area contributed by atoms with Gasteiger partial charge in [-0.1, -0.05) is 18.2 Å². The average Bonchev–Trinajstić information content (AvgIpc) is 2.55. The highest BCUT2D eigenvalue weighted by Crippen LogP contribution is 2.09. The lowest BCUT2D eigenvalue weighted by Crippen LogP contribution is -2.53. The number of hydrogen-bond acceptors (Lipinski definition) is 5. The monoisotopic (exact) mass is 369 g/mol. The molecule has 10 heteroatoms. The van der Waals surface area contributed by atoms with Crippen molar-refractivity contribution >= 4 is 27.8 Å². The molecule has 0 bridgehead atoms. The van der Waals surface area contributed by atoms with E-state index in [4.69, 9.17) is 0 Å². The van der Waals surface area contributed by atoms with Crippen LogP contribution < -0.4 is 10.6 Å². The summed E-state index contributed by atoms with van der Waals surface area (Å²) in [5.74, 6) is -0.433. The van der Waals surface area contributed by atoms with Crippen LogP contribution in [0.4, 0.5) is 10.5 Å². The number of carbonyl (C=O) groups excluding carboxylic acids is 2. The van der Waals surface area contributed by atoms with Gasteiger partial charge in [-0.2, -0.15) is 17.0 Å². The quantitative estimate of drug-likeness (QED) is 0.746. The molecule has 25 heavy (non-hydrogen) atoms. The van der Waals surface area contributed by atoms with Crippen LogP contribution in [0.1, 0.15) is 0 Å². The number of hydrogen-bond donors (Lipinski definition) is 2. The maximum absolute atomic E-state index is 12.0. The fourth-order valence-corrected chi connectivity index (χ4v) is 3.49. The number of amides is 3. The van der Waals surface area contributed by atoms with Gasteiger partial charge in [0.2, 0.25) is 5.91 Å². The lowest BCUT2D eigenvalue weighted by Gasteiger charge is -2.34. The molecule has 0 atom stereocenters. The van der Waals surface area contributed by atoms with Crippen molar-refractivity contribution < 1.29 is 18.0 Å². The smallest absolute Gasteiger partial charge is 0.308 e. The van der Waals surface area contributed by atoms with Crippen molar-refractivity contribution in [1.29, 1.82) is 0 Å². The van der Waals surface area contributed by atoms with E-state index in [2.05, 4.69) is 10.6 Å². The van der Waals surface area contributed by atoms with Crippen LogP contribution in [-0.4, -0.2) is 80.7 Å². The van der Waals surface area contributed by atoms with Crippen molar-refractivity contribution in [2.45, 2.75) is 0 Å². The molecule has 1 aliphatic rings. The van der Waals surface area contributed by atoms with Gasteiger partial charge in [0.05, 0.1) is 6.54 Å². The number of anilines is 1. The highest BCUT2D eigenvalue weighted by atomic mass is 32.2. The van der Waals surface area contributed by atoms with Crippen LogP contribution in [0.25, 0.3) is 0 Å². The maximum Gasteiger partial charge on any atom is 0.325 e. The predicted molar refractivity (Wildman–Crippen MR) is 94.2 cm³/mol. The van der Waals surface area contributed by atoms with Crippen LogP contribution in [0.15, 0.2) is 30.3 Å². The molecule has 3 amide bonds. The molecular weight excluding hydrogens is 346 g/mol. The second-order valence-corrected chi connectivity index (χ2v) is 7.98. The van der Waals surface area contributed by atoms with Gasteiger partial charge >= 0.3 is 6.03 Å². The van der Waals surface area contributed by atoms with Gasteiger partial charge in [0.25, 0.3) is 10.2 Å². The maximum atomic E-state index is 12.0. The zero-order valence-electron chi connectivity index (χ0n) is 14.3. The third kappa shape index (κ3) is 5.49. The lowest BCUT2D eigenvalue weighted by molar-refractivity contribution is -0.121. The number of imide groups is 1. The van der Waals surface area contributed by atoms with Gasteiger partial charge < -0.3 is 5.32 Å². The number of carbonyl (C=O) groups is 2. The van der Waals surface area contributed by atoms with E-state index in [1.54, 1.807) is 24.3 Å². The number of para-hydroxylation sites is 1. The number of piperazine rings is 1. The average molecular weight is 369 g/mol. The van der Waals surface area contributed by atoms with E-state index >= 15 is 0 Å². The summed E-state index contributed by atoms with van der Waals surface area (Å²) in [6, 6.07) is 8.22. The first-order valence-corrected chi connectivity index (χ1v) is 9.24. The first-order chi connectivity index (χ1) is 11.8. The molecule has 9 nitrogen and oxygen atoms in total. The number of benzene rings is 1. The summed E-state index contributed by atoms with van der Waals surface area (Å²) in [6.07, 6.45) is 0. The van der Waals surface area contributed by atoms with Crippen molar-refractivity contribution in [3.63, 3.8) is 0 Å². The van der Waals surface area contributed by atoms with Crippen molar-refractivity contribution in [2.24, 2.45) is 0 Å². The first kappa shape index (κ1) is 19.3. The van der Waals surface area contributed by atoms with Crippen LogP contribution in [0.3, 0.4) is 0 Å². The molecule has 1 heterocycles. The van der Waals surface area contributed by atoms with E-state index in [9.17, 15) is 18.0 Å². The summed E-state index contributed by atoms with van der Waals surface area (Å²) in [6.45, 7) is 1.52. The van der Waals surface area contributed by atoms with E-state index in [0.29, 0.717) is 31.9 Å². The number of nitrogens with zero attached hydrogens (tertiary/aromatic N) is 3. The normalized spacial score (nSPS) is 16.6. The second kappa shape index (κ2) is 8.39. The van der Waals surface area contributed by atoms with Crippen molar-refractivity contribution in [3.05, 3.63) is 30.3 Å². The molecule has 0 aliphatic carbocycles. The first-order valence-electron chi connectivity index (χ1n) is 7.85. The molecule has 0 saturated carbocycles. The second-order valence-electron chi connectivity index (χ2n) is 5.83. The zero-order chi connectivity index (χ0) is 18.4. The summed E-state index contributed by atoms with van der Waals surface area (Å²) >= 11 is 0. The Morgan fingerprint density at radius 1 is 1.08 bits per heavy atom. The van der Waals surface area contributed by atoms with E-state index < -0.39 is 22.1 Å².